The summed E-state index contributed by atoms with van der Waals surface area (Å²) in [5.41, 5.74) is 9.81. The predicted octanol–water partition coefficient (Wildman–Crippen LogP) is 4.47. The molecule has 57 heavy (non-hydrogen) atoms. The van der Waals surface area contributed by atoms with E-state index >= 15 is 0 Å². The minimum absolute atomic E-state index is 0.107. The molecule has 4 aromatic rings. The Kier molecular flexibility index (Phi) is 13.2. The second-order valence-electron chi connectivity index (χ2n) is 13.7. The number of fused-ring (bicyclic) bond motifs is 1. The number of likely N-dealkylation sites (N-methyl/N-ethyl adjacent to an activating group) is 1. The largest absolute Gasteiger partial charge is 0.542 e. The number of carbonyl (C=O) groups excluding carboxylic acids is 5. The smallest absolute Gasteiger partial charge is 0.430 e. The number of likely N-dealkylation sites (tertiary alicyclic amines) is 1. The van der Waals surface area contributed by atoms with Crippen LogP contribution in [-0.2, 0) is 27.3 Å². The number of aliphatic carboxylic acids is 1. The van der Waals surface area contributed by atoms with Crippen molar-refractivity contribution < 1.29 is 60.9 Å². The van der Waals surface area contributed by atoms with Gasteiger partial charge in [-0.25, -0.2) is 9.59 Å². The molecule has 0 aliphatic carbocycles. The van der Waals surface area contributed by atoms with Crippen molar-refractivity contribution in [2.75, 3.05) is 38.9 Å². The normalized spacial score (nSPS) is 17.4. The van der Waals surface area contributed by atoms with Crippen molar-refractivity contribution >= 4 is 35.3 Å². The number of carboxylic acids is 1. The fourth-order valence-corrected chi connectivity index (χ4v) is 6.76. The van der Waals surface area contributed by atoms with Gasteiger partial charge in [0.2, 0.25) is 12.7 Å². The monoisotopic (exact) mass is 790 g/mol. The average molecular weight is 791 g/mol. The van der Waals surface area contributed by atoms with Crippen LogP contribution in [0.25, 0.3) is 0 Å². The number of carboxylic acid groups (broad SMARTS) is 1. The van der Waals surface area contributed by atoms with Gasteiger partial charge in [0.1, 0.15) is 18.6 Å². The summed E-state index contributed by atoms with van der Waals surface area (Å²) < 4.78 is 48.3. The summed E-state index contributed by atoms with van der Waals surface area (Å²) >= 11 is 0. The van der Waals surface area contributed by atoms with Gasteiger partial charge in [0.15, 0.2) is 17.3 Å². The minimum Gasteiger partial charge on any atom is -0.542 e. The third kappa shape index (κ3) is 10.9. The molecule has 0 saturated carbocycles. The van der Waals surface area contributed by atoms with E-state index in [1.807, 2.05) is 36.4 Å². The van der Waals surface area contributed by atoms with Crippen LogP contribution < -0.4 is 25.6 Å². The number of amides is 3. The third-order valence-corrected chi connectivity index (χ3v) is 9.51. The van der Waals surface area contributed by atoms with Crippen LogP contribution in [-0.4, -0.2) is 90.8 Å². The second-order valence-corrected chi connectivity index (χ2v) is 13.7. The number of esters is 1. The molecule has 0 radical (unpaired) electrons. The lowest BCUT2D eigenvalue weighted by atomic mass is 9.98. The van der Waals surface area contributed by atoms with E-state index in [1.54, 1.807) is 72.5 Å². The van der Waals surface area contributed by atoms with Crippen LogP contribution in [0.1, 0.15) is 50.8 Å². The summed E-state index contributed by atoms with van der Waals surface area (Å²) in [6.45, 7) is 4.22. The highest BCUT2D eigenvalue weighted by atomic mass is 19.4. The number of benzene rings is 4. The van der Waals surface area contributed by atoms with Crippen LogP contribution in [0.2, 0.25) is 0 Å². The molecule has 4 aromatic carbocycles. The molecule has 6 rings (SSSR count). The standard InChI is InChI=1S/C39H40N4O7.C2HF3O2/c1-3-48-38(46)30-14-16-31(17-15-30)41-39(47)42(32-19-20-43(2,24-32)23-27-11-18-34-35(22-27)50-25-49-34)33(37(40)45)21-26-9-12-29(13-10-26)36(44)28-7-5-4-6-8-28;3-2(4,5)1(6)7/h4-18,22,32-33H,3,19-21,23-25H2,1-2H3,(H2-,40,41,45,46,47);(H,6,7)/t32-,33+,43?;/m1./s1. The van der Waals surface area contributed by atoms with Crippen molar-refractivity contribution in [2.45, 2.75) is 44.6 Å². The summed E-state index contributed by atoms with van der Waals surface area (Å²) in [6.07, 6.45) is -4.39. The number of quaternary nitrogens is 1. The summed E-state index contributed by atoms with van der Waals surface area (Å²) in [5.74, 6) is -2.78. The quantitative estimate of drug-likeness (QED) is 0.119. The highest BCUT2D eigenvalue weighted by Gasteiger charge is 2.44. The Labute approximate surface area is 326 Å². The molecule has 0 bridgehead atoms. The lowest BCUT2D eigenvalue weighted by Crippen LogP contribution is -2.56. The van der Waals surface area contributed by atoms with Crippen LogP contribution in [0.5, 0.6) is 11.5 Å². The maximum atomic E-state index is 14.2. The summed E-state index contributed by atoms with van der Waals surface area (Å²) in [7, 11) is 2.14. The van der Waals surface area contributed by atoms with Gasteiger partial charge >= 0.3 is 18.2 Å². The van der Waals surface area contributed by atoms with Gasteiger partial charge in [0.05, 0.1) is 38.3 Å². The van der Waals surface area contributed by atoms with Crippen LogP contribution in [0.4, 0.5) is 23.7 Å². The minimum atomic E-state index is -5.19. The Morgan fingerprint density at radius 3 is 2.11 bits per heavy atom. The van der Waals surface area contributed by atoms with Gasteiger partial charge in [-0.3, -0.25) is 9.59 Å². The van der Waals surface area contributed by atoms with E-state index < -0.39 is 36.1 Å². The fraction of sp³-hybridized carbons (Fsp3) is 0.293. The van der Waals surface area contributed by atoms with Crippen LogP contribution in [0.3, 0.4) is 0 Å². The van der Waals surface area contributed by atoms with Gasteiger partial charge in [-0.2, -0.15) is 13.2 Å². The summed E-state index contributed by atoms with van der Waals surface area (Å²) in [5, 5.41) is 11.7. The van der Waals surface area contributed by atoms with Crippen LogP contribution in [0, 0.1) is 0 Å². The summed E-state index contributed by atoms with van der Waals surface area (Å²) in [4.78, 5) is 62.9. The van der Waals surface area contributed by atoms with E-state index in [0.29, 0.717) is 52.1 Å². The number of carbonyl (C=O) groups is 5. The van der Waals surface area contributed by atoms with Crippen molar-refractivity contribution in [3.63, 3.8) is 0 Å². The number of ketones is 1. The van der Waals surface area contributed by atoms with Crippen molar-refractivity contribution in [1.82, 2.24) is 4.90 Å². The van der Waals surface area contributed by atoms with Crippen molar-refractivity contribution in [1.29, 1.82) is 0 Å². The third-order valence-electron chi connectivity index (χ3n) is 9.51. The van der Waals surface area contributed by atoms with Gasteiger partial charge < -0.3 is 44.5 Å². The molecule has 2 aliphatic rings. The zero-order valence-corrected chi connectivity index (χ0v) is 31.1. The Bertz CT molecular complexity index is 2080. The van der Waals surface area contributed by atoms with Crippen molar-refractivity contribution in [2.24, 2.45) is 5.73 Å². The molecule has 13 nitrogen and oxygen atoms in total. The first-order valence-corrected chi connectivity index (χ1v) is 17.9. The van der Waals surface area contributed by atoms with E-state index in [9.17, 15) is 32.3 Å². The molecule has 1 unspecified atom stereocenters. The number of nitrogens with two attached hydrogens (primary N) is 1. The average Bonchev–Trinajstić information content (AvgIpc) is 3.81. The number of anilines is 1. The number of ether oxygens (including phenoxy) is 3. The van der Waals surface area contributed by atoms with E-state index in [4.69, 9.17) is 29.8 Å². The lowest BCUT2D eigenvalue weighted by molar-refractivity contribution is -0.911. The molecular formula is C41H41F3N4O9. The van der Waals surface area contributed by atoms with Gasteiger partial charge in [0.25, 0.3) is 0 Å². The Morgan fingerprint density at radius 1 is 0.895 bits per heavy atom. The van der Waals surface area contributed by atoms with E-state index in [1.165, 1.54) is 0 Å². The number of nitrogens with one attached hydrogen (secondary N) is 1. The van der Waals surface area contributed by atoms with Gasteiger partial charge in [0, 0.05) is 35.2 Å². The first-order chi connectivity index (χ1) is 27.1. The predicted molar refractivity (Wildman–Crippen MR) is 198 cm³/mol. The van der Waals surface area contributed by atoms with Gasteiger partial charge in [-0.1, -0.05) is 54.6 Å². The SMILES string of the molecule is CCOC(=O)c1ccc(NC(=O)N([C@@H]2CC[N+](C)(Cc3ccc4c(c3)OCO4)C2)[C@@H](Cc2ccc(C(=O)c3ccccc3)cc2)C(N)=O)cc1.O=C([O-])C(F)(F)F. The molecule has 2 heterocycles. The fourth-order valence-electron chi connectivity index (χ4n) is 6.76. The molecule has 1 fully saturated rings. The Morgan fingerprint density at radius 2 is 1.49 bits per heavy atom. The van der Waals surface area contributed by atoms with Crippen LogP contribution >= 0.6 is 0 Å². The number of nitrogens with zero attached hydrogens (tertiary/aromatic N) is 2. The van der Waals surface area contributed by atoms with Gasteiger partial charge in [-0.15, -0.1) is 0 Å². The van der Waals surface area contributed by atoms with E-state index in [2.05, 4.69) is 12.4 Å². The number of rotatable bonds is 12. The maximum absolute atomic E-state index is 14.2. The topological polar surface area (TPSA) is 177 Å². The number of halogens is 3. The molecule has 300 valence electrons. The number of hydrogen-bond acceptors (Lipinski definition) is 9. The second kappa shape index (κ2) is 18.0. The number of primary amides is 1. The van der Waals surface area contributed by atoms with E-state index in [0.717, 1.165) is 23.4 Å². The molecular weight excluding hydrogens is 749 g/mol. The van der Waals surface area contributed by atoms with Crippen molar-refractivity contribution in [3.05, 3.63) is 125 Å². The Hall–Kier alpha value is -6.42. The molecule has 3 N–H and O–H groups in total. The van der Waals surface area contributed by atoms with Crippen molar-refractivity contribution in [3.8, 4) is 11.5 Å². The first-order valence-electron chi connectivity index (χ1n) is 17.9. The molecule has 0 spiro atoms. The highest BCUT2D eigenvalue weighted by molar-refractivity contribution is 6.09. The van der Waals surface area contributed by atoms with E-state index in [-0.39, 0.29) is 31.6 Å². The van der Waals surface area contributed by atoms with Crippen LogP contribution in [0.15, 0.2) is 97.1 Å². The number of alkyl halides is 3. The zero-order valence-electron chi connectivity index (χ0n) is 31.1. The first kappa shape index (κ1) is 41.7. The summed E-state index contributed by atoms with van der Waals surface area (Å²) in [6, 6.07) is 26.6. The molecule has 16 heteroatoms. The molecule has 2 aliphatic heterocycles. The molecule has 3 atom stereocenters. The zero-order chi connectivity index (χ0) is 41.3. The van der Waals surface area contributed by atoms with Gasteiger partial charge in [-0.05, 0) is 55.0 Å². The molecule has 1 saturated heterocycles. The number of urea groups is 1. The highest BCUT2D eigenvalue weighted by Crippen LogP contribution is 2.35. The maximum Gasteiger partial charge on any atom is 0.430 e. The Balaban J connectivity index is 0.000000811. The number of hydrogen-bond donors (Lipinski definition) is 2. The molecule has 0 aromatic heterocycles. The molecule has 3 amide bonds. The lowest BCUT2D eigenvalue weighted by Gasteiger charge is -2.36.